The van der Waals surface area contributed by atoms with Gasteiger partial charge in [-0.25, -0.2) is 18.4 Å². The maximum atomic E-state index is 12.7. The SMILES string of the molecule is Cc1ccc2sc(C3CC4(CC(NC(=O)c5ccnc(S(=O)(=O)CC6CC6)c5)C4)C3)nc2c1. The van der Waals surface area contributed by atoms with Crippen LogP contribution in [0.4, 0.5) is 0 Å². The van der Waals surface area contributed by atoms with E-state index < -0.39 is 9.84 Å². The van der Waals surface area contributed by atoms with Gasteiger partial charge in [-0.05, 0) is 86.6 Å². The second-order valence-corrected chi connectivity index (χ2v) is 13.4. The van der Waals surface area contributed by atoms with Crippen molar-refractivity contribution in [2.24, 2.45) is 11.3 Å². The van der Waals surface area contributed by atoms with Gasteiger partial charge in [0, 0.05) is 23.7 Å². The van der Waals surface area contributed by atoms with Gasteiger partial charge in [-0.1, -0.05) is 6.07 Å². The van der Waals surface area contributed by atoms with Crippen molar-refractivity contribution in [1.29, 1.82) is 0 Å². The molecule has 8 heteroatoms. The van der Waals surface area contributed by atoms with Crippen LogP contribution in [-0.4, -0.2) is 36.1 Å². The molecule has 0 radical (unpaired) electrons. The zero-order valence-corrected chi connectivity index (χ0v) is 20.2. The maximum absolute atomic E-state index is 12.7. The molecule has 1 N–H and O–H groups in total. The highest BCUT2D eigenvalue weighted by atomic mass is 32.2. The highest BCUT2D eigenvalue weighted by Crippen LogP contribution is 2.62. The quantitative estimate of drug-likeness (QED) is 0.554. The number of amides is 1. The van der Waals surface area contributed by atoms with Crippen LogP contribution in [0.5, 0.6) is 0 Å². The van der Waals surface area contributed by atoms with E-state index in [1.807, 2.05) is 11.3 Å². The van der Waals surface area contributed by atoms with E-state index in [4.69, 9.17) is 4.98 Å². The van der Waals surface area contributed by atoms with Gasteiger partial charge in [-0.3, -0.25) is 4.79 Å². The number of hydrogen-bond donors (Lipinski definition) is 1. The Bertz CT molecular complexity index is 1350. The number of hydrogen-bond acceptors (Lipinski definition) is 6. The Balaban J connectivity index is 1.05. The summed E-state index contributed by atoms with van der Waals surface area (Å²) in [6, 6.07) is 9.62. The topological polar surface area (TPSA) is 89.0 Å². The standard InChI is InChI=1S/C25H27N3O3S2/c1-15-2-5-21-20(8-15)28-24(32-21)18-10-25(11-18)12-19(13-25)27-23(29)17-6-7-26-22(9-17)33(30,31)14-16-3-4-16/h2,5-9,16,18-19H,3-4,10-14H2,1H3,(H,27,29). The van der Waals surface area contributed by atoms with E-state index in [0.29, 0.717) is 16.9 Å². The van der Waals surface area contributed by atoms with Crippen LogP contribution in [-0.2, 0) is 9.84 Å². The molecule has 1 amide bonds. The molecular weight excluding hydrogens is 454 g/mol. The van der Waals surface area contributed by atoms with Crippen LogP contribution in [0.3, 0.4) is 0 Å². The van der Waals surface area contributed by atoms with Crippen molar-refractivity contribution in [2.75, 3.05) is 5.75 Å². The molecule has 172 valence electrons. The van der Waals surface area contributed by atoms with E-state index in [-0.39, 0.29) is 28.6 Å². The highest BCUT2D eigenvalue weighted by Gasteiger charge is 2.54. The van der Waals surface area contributed by atoms with Crippen LogP contribution in [0.15, 0.2) is 41.6 Å². The molecule has 2 heterocycles. The number of carbonyl (C=O) groups is 1. The van der Waals surface area contributed by atoms with Crippen molar-refractivity contribution in [2.45, 2.75) is 62.4 Å². The van der Waals surface area contributed by atoms with Crippen molar-refractivity contribution in [3.8, 4) is 0 Å². The summed E-state index contributed by atoms with van der Waals surface area (Å²) in [5.41, 5.74) is 3.04. The molecule has 33 heavy (non-hydrogen) atoms. The fourth-order valence-corrected chi connectivity index (χ4v) is 8.18. The number of aryl methyl sites for hydroxylation is 1. The first-order chi connectivity index (χ1) is 15.8. The Morgan fingerprint density at radius 1 is 1.15 bits per heavy atom. The Morgan fingerprint density at radius 3 is 2.70 bits per heavy atom. The fraction of sp³-hybridized carbons (Fsp3) is 0.480. The highest BCUT2D eigenvalue weighted by molar-refractivity contribution is 7.91. The summed E-state index contributed by atoms with van der Waals surface area (Å²) in [6.07, 6.45) is 7.58. The maximum Gasteiger partial charge on any atom is 0.251 e. The molecule has 1 aromatic carbocycles. The summed E-state index contributed by atoms with van der Waals surface area (Å²) in [5, 5.41) is 4.35. The van der Waals surface area contributed by atoms with Gasteiger partial charge in [0.25, 0.3) is 5.91 Å². The lowest BCUT2D eigenvalue weighted by Crippen LogP contribution is -2.55. The number of carbonyl (C=O) groups excluding carboxylic acids is 1. The second-order valence-electron chi connectivity index (χ2n) is 10.3. The smallest absolute Gasteiger partial charge is 0.251 e. The molecule has 0 bridgehead atoms. The molecule has 3 aliphatic rings. The number of sulfone groups is 1. The number of fused-ring (bicyclic) bond motifs is 1. The van der Waals surface area contributed by atoms with Crippen molar-refractivity contribution in [1.82, 2.24) is 15.3 Å². The molecule has 0 aliphatic heterocycles. The summed E-state index contributed by atoms with van der Waals surface area (Å²) in [7, 11) is -3.43. The summed E-state index contributed by atoms with van der Waals surface area (Å²) >= 11 is 1.81. The van der Waals surface area contributed by atoms with Gasteiger partial charge in [0.1, 0.15) is 0 Å². The van der Waals surface area contributed by atoms with Crippen LogP contribution >= 0.6 is 11.3 Å². The molecule has 3 aromatic rings. The van der Waals surface area contributed by atoms with E-state index in [1.54, 1.807) is 6.07 Å². The Hall–Kier alpha value is -2.32. The van der Waals surface area contributed by atoms with Crippen LogP contribution in [0.1, 0.15) is 65.4 Å². The predicted octanol–water partition coefficient (Wildman–Crippen LogP) is 4.64. The van der Waals surface area contributed by atoms with Gasteiger partial charge >= 0.3 is 0 Å². The van der Waals surface area contributed by atoms with E-state index in [0.717, 1.165) is 44.0 Å². The minimum Gasteiger partial charge on any atom is -0.349 e. The second kappa shape index (κ2) is 7.60. The molecule has 3 saturated carbocycles. The van der Waals surface area contributed by atoms with Crippen molar-refractivity contribution < 1.29 is 13.2 Å². The van der Waals surface area contributed by atoms with Gasteiger partial charge in [-0.15, -0.1) is 11.3 Å². The third-order valence-corrected chi connectivity index (χ3v) is 10.4. The zero-order chi connectivity index (χ0) is 22.8. The van der Waals surface area contributed by atoms with E-state index in [9.17, 15) is 13.2 Å². The summed E-state index contributed by atoms with van der Waals surface area (Å²) < 4.78 is 26.3. The normalized spacial score (nSPS) is 26.7. The number of nitrogens with zero attached hydrogens (tertiary/aromatic N) is 2. The van der Waals surface area contributed by atoms with Crippen molar-refractivity contribution in [3.63, 3.8) is 0 Å². The van der Waals surface area contributed by atoms with Crippen molar-refractivity contribution in [3.05, 3.63) is 52.7 Å². The number of rotatable bonds is 6. The van der Waals surface area contributed by atoms with Gasteiger partial charge in [-0.2, -0.15) is 0 Å². The first-order valence-electron chi connectivity index (χ1n) is 11.7. The minimum atomic E-state index is -3.43. The lowest BCUT2D eigenvalue weighted by Gasteiger charge is -2.57. The molecule has 0 unspecified atom stereocenters. The zero-order valence-electron chi connectivity index (χ0n) is 18.6. The van der Waals surface area contributed by atoms with Gasteiger partial charge in [0.05, 0.1) is 21.0 Å². The molecule has 1 spiro atoms. The summed E-state index contributed by atoms with van der Waals surface area (Å²) in [5.74, 6) is 0.695. The summed E-state index contributed by atoms with van der Waals surface area (Å²) in [6.45, 7) is 2.10. The molecule has 2 aromatic heterocycles. The van der Waals surface area contributed by atoms with E-state index >= 15 is 0 Å². The van der Waals surface area contributed by atoms with Crippen LogP contribution in [0.25, 0.3) is 10.2 Å². The van der Waals surface area contributed by atoms with Crippen LogP contribution in [0, 0.1) is 18.3 Å². The number of thiazole rings is 1. The first-order valence-corrected chi connectivity index (χ1v) is 14.1. The third-order valence-electron chi connectivity index (χ3n) is 7.43. The average molecular weight is 482 g/mol. The predicted molar refractivity (Wildman–Crippen MR) is 128 cm³/mol. The number of aromatic nitrogens is 2. The molecule has 3 fully saturated rings. The van der Waals surface area contributed by atoms with Gasteiger partial charge in [0.15, 0.2) is 14.9 Å². The molecule has 6 nitrogen and oxygen atoms in total. The van der Waals surface area contributed by atoms with Gasteiger partial charge in [0.2, 0.25) is 0 Å². The number of benzene rings is 1. The lowest BCUT2D eigenvalue weighted by atomic mass is 9.50. The monoisotopic (exact) mass is 481 g/mol. The molecular formula is C25H27N3O3S2. The third kappa shape index (κ3) is 4.08. The van der Waals surface area contributed by atoms with E-state index in [2.05, 4.69) is 35.4 Å². The molecule has 6 rings (SSSR count). The Kier molecular flexibility index (Phi) is 4.89. The first kappa shape index (κ1) is 21.2. The van der Waals surface area contributed by atoms with E-state index in [1.165, 1.54) is 27.5 Å². The molecule has 0 saturated heterocycles. The summed E-state index contributed by atoms with van der Waals surface area (Å²) in [4.78, 5) is 21.6. The Labute approximate surface area is 197 Å². The molecule has 3 aliphatic carbocycles. The largest absolute Gasteiger partial charge is 0.349 e. The van der Waals surface area contributed by atoms with Crippen molar-refractivity contribution >= 4 is 37.3 Å². The molecule has 0 atom stereocenters. The van der Waals surface area contributed by atoms with Crippen LogP contribution < -0.4 is 5.32 Å². The Morgan fingerprint density at radius 2 is 1.94 bits per heavy atom. The fourth-order valence-electron chi connectivity index (χ4n) is 5.48. The van der Waals surface area contributed by atoms with Crippen LogP contribution in [0.2, 0.25) is 0 Å². The number of pyridine rings is 1. The lowest BCUT2D eigenvalue weighted by molar-refractivity contribution is -0.0187. The number of nitrogens with one attached hydrogen (secondary N) is 1. The average Bonchev–Trinajstić information content (AvgIpc) is 3.43. The van der Waals surface area contributed by atoms with Gasteiger partial charge < -0.3 is 5.32 Å². The minimum absolute atomic E-state index is 0.0139.